The Morgan fingerprint density at radius 3 is 2.81 bits per heavy atom. The topological polar surface area (TPSA) is 184 Å². The normalized spacial score (nSPS) is 21.2. The minimum absolute atomic E-state index is 0.0767. The van der Waals surface area contributed by atoms with Crippen LogP contribution in [0.3, 0.4) is 0 Å². The Morgan fingerprint density at radius 1 is 1.39 bits per heavy atom. The van der Waals surface area contributed by atoms with Gasteiger partial charge in [-0.15, -0.1) is 23.1 Å². The minimum Gasteiger partial charge on any atom is -0.477 e. The second-order valence-corrected chi connectivity index (χ2v) is 8.99. The Kier molecular flexibility index (Phi) is 5.71. The number of thiazole rings is 1. The lowest BCUT2D eigenvalue weighted by molar-refractivity contribution is -0.150. The van der Waals surface area contributed by atoms with Gasteiger partial charge >= 0.3 is 5.97 Å². The Labute approximate surface area is 186 Å². The first-order chi connectivity index (χ1) is 14.9. The van der Waals surface area contributed by atoms with E-state index < -0.39 is 34.9 Å². The summed E-state index contributed by atoms with van der Waals surface area (Å²) in [6.07, 6.45) is 5.03. The highest BCUT2D eigenvalue weighted by Gasteiger charge is 2.54. The number of nitrogens with one attached hydrogen (secondary N) is 1. The zero-order valence-electron chi connectivity index (χ0n) is 15.3. The lowest BCUT2D eigenvalue weighted by atomic mass is 10.0. The number of carbonyl (C=O) groups excluding carboxylic acids is 2. The molecule has 0 aromatic carbocycles. The molecule has 0 aliphatic carbocycles. The molecule has 2 amide bonds. The number of oxime groups is 1. The van der Waals surface area contributed by atoms with E-state index in [0.717, 1.165) is 21.3 Å². The Morgan fingerprint density at radius 2 is 2.19 bits per heavy atom. The maximum atomic E-state index is 12.7. The van der Waals surface area contributed by atoms with Crippen molar-refractivity contribution >= 4 is 69.3 Å². The molecule has 31 heavy (non-hydrogen) atoms. The number of carboxylic acids is 1. The summed E-state index contributed by atoms with van der Waals surface area (Å²) < 4.78 is 3.80. The molecule has 1 fully saturated rings. The van der Waals surface area contributed by atoms with E-state index in [1.807, 2.05) is 0 Å². The van der Waals surface area contributed by atoms with Crippen LogP contribution in [0.5, 0.6) is 0 Å². The van der Waals surface area contributed by atoms with Crippen molar-refractivity contribution in [3.05, 3.63) is 39.8 Å². The molecular weight excluding hydrogens is 466 g/mol. The average Bonchev–Trinajstić information content (AvgIpc) is 3.42. The number of nitrogen functional groups attached to an aromatic ring is 1. The maximum absolute atomic E-state index is 12.7. The molecule has 12 nitrogen and oxygen atoms in total. The molecule has 0 radical (unpaired) electrons. The molecule has 0 bridgehead atoms. The van der Waals surface area contributed by atoms with Gasteiger partial charge in [0.1, 0.15) is 17.1 Å². The number of nitrogens with two attached hydrogens (primary N) is 1. The molecule has 1 saturated heterocycles. The molecule has 5 N–H and O–H groups in total. The number of fused-ring (bicyclic) bond motifs is 1. The Balaban J connectivity index is 1.52. The molecule has 160 valence electrons. The molecule has 4 rings (SSSR count). The summed E-state index contributed by atoms with van der Waals surface area (Å²) in [5, 5.41) is 23.7. The third-order valence-electron chi connectivity index (χ3n) is 4.36. The van der Waals surface area contributed by atoms with Crippen molar-refractivity contribution in [3.63, 3.8) is 0 Å². The maximum Gasteiger partial charge on any atom is 0.352 e. The number of hydrogen-bond acceptors (Lipinski definition) is 12. The van der Waals surface area contributed by atoms with Crippen LogP contribution in [0.2, 0.25) is 0 Å². The number of aromatic nitrogens is 3. The summed E-state index contributed by atoms with van der Waals surface area (Å²) in [6.45, 7) is 0. The van der Waals surface area contributed by atoms with Crippen LogP contribution in [-0.2, 0) is 14.4 Å². The number of anilines is 1. The van der Waals surface area contributed by atoms with Crippen molar-refractivity contribution in [2.24, 2.45) is 5.16 Å². The lowest BCUT2D eigenvalue weighted by Gasteiger charge is -2.49. The van der Waals surface area contributed by atoms with Gasteiger partial charge in [-0.25, -0.2) is 4.79 Å². The number of hydrogen-bond donors (Lipinski definition) is 4. The Bertz CT molecular complexity index is 1140. The van der Waals surface area contributed by atoms with Gasteiger partial charge in [0.05, 0.1) is 5.51 Å². The van der Waals surface area contributed by atoms with Crippen LogP contribution in [-0.4, -0.2) is 70.2 Å². The molecule has 2 aromatic heterocycles. The van der Waals surface area contributed by atoms with Gasteiger partial charge in [0, 0.05) is 28.4 Å². The van der Waals surface area contributed by atoms with Gasteiger partial charge in [0.15, 0.2) is 5.13 Å². The highest BCUT2D eigenvalue weighted by molar-refractivity contribution is 8.00. The van der Waals surface area contributed by atoms with E-state index in [9.17, 15) is 19.5 Å². The largest absolute Gasteiger partial charge is 0.477 e. The second-order valence-electron chi connectivity index (χ2n) is 6.18. The molecule has 2 aromatic rings. The number of rotatable bonds is 6. The van der Waals surface area contributed by atoms with Gasteiger partial charge in [-0.3, -0.25) is 19.5 Å². The van der Waals surface area contributed by atoms with E-state index in [4.69, 9.17) is 10.9 Å². The van der Waals surface area contributed by atoms with Crippen molar-refractivity contribution in [1.82, 2.24) is 24.6 Å². The third-order valence-corrected chi connectivity index (χ3v) is 6.94. The predicted molar refractivity (Wildman–Crippen MR) is 113 cm³/mol. The van der Waals surface area contributed by atoms with Crippen LogP contribution in [0.1, 0.15) is 10.7 Å². The first-order valence-corrected chi connectivity index (χ1v) is 11.2. The molecule has 2 aliphatic rings. The fraction of sp³-hybridized carbons (Fsp3) is 0.188. The minimum atomic E-state index is -1.24. The number of carboxylic acid groups (broad SMARTS) is 1. The number of allylic oxidation sites excluding steroid dienone is 1. The summed E-state index contributed by atoms with van der Waals surface area (Å²) in [4.78, 5) is 46.8. The highest BCUT2D eigenvalue weighted by atomic mass is 32.2. The summed E-state index contributed by atoms with van der Waals surface area (Å²) in [7, 11) is 0. The van der Waals surface area contributed by atoms with Crippen LogP contribution >= 0.6 is 34.6 Å². The van der Waals surface area contributed by atoms with Gasteiger partial charge in [-0.1, -0.05) is 11.2 Å². The van der Waals surface area contributed by atoms with Crippen molar-refractivity contribution in [2.45, 2.75) is 11.4 Å². The molecule has 4 heterocycles. The van der Waals surface area contributed by atoms with Gasteiger partial charge in [-0.05, 0) is 11.6 Å². The number of carbonyl (C=O) groups is 3. The Hall–Kier alpha value is -3.30. The predicted octanol–water partition coefficient (Wildman–Crippen LogP) is 0.207. The van der Waals surface area contributed by atoms with Gasteiger partial charge in [0.25, 0.3) is 11.8 Å². The first kappa shape index (κ1) is 21.0. The third kappa shape index (κ3) is 3.89. The smallest absolute Gasteiger partial charge is 0.352 e. The summed E-state index contributed by atoms with van der Waals surface area (Å²) in [5.74, 6) is -2.57. The first-order valence-electron chi connectivity index (χ1n) is 8.51. The number of amides is 2. The number of aliphatic carboxylic acids is 1. The summed E-state index contributed by atoms with van der Waals surface area (Å²) in [5.41, 5.74) is 6.97. The number of β-lactam (4-membered cyclic amide) rings is 1. The molecule has 0 saturated carbocycles. The van der Waals surface area contributed by atoms with Crippen LogP contribution in [0.15, 0.2) is 34.2 Å². The number of thioether (sulfide) groups is 1. The molecule has 2 atom stereocenters. The molecule has 1 unspecified atom stereocenters. The second kappa shape index (κ2) is 8.44. The zero-order valence-corrected chi connectivity index (χ0v) is 17.8. The average molecular weight is 480 g/mol. The fourth-order valence-electron chi connectivity index (χ4n) is 2.99. The molecule has 0 spiro atoms. The zero-order chi connectivity index (χ0) is 22.1. The van der Waals surface area contributed by atoms with Crippen molar-refractivity contribution in [3.8, 4) is 0 Å². The summed E-state index contributed by atoms with van der Waals surface area (Å²) >= 11 is 3.52. The van der Waals surface area contributed by atoms with E-state index in [1.165, 1.54) is 23.1 Å². The van der Waals surface area contributed by atoms with E-state index >= 15 is 0 Å². The van der Waals surface area contributed by atoms with Crippen LogP contribution in [0, 0.1) is 0 Å². The quantitative estimate of drug-likeness (QED) is 0.193. The number of nitrogens with zero attached hydrogens (tertiary/aromatic N) is 5. The van der Waals surface area contributed by atoms with E-state index in [-0.39, 0.29) is 16.7 Å². The van der Waals surface area contributed by atoms with Crippen LogP contribution in [0.4, 0.5) is 5.13 Å². The van der Waals surface area contributed by atoms with E-state index in [0.29, 0.717) is 11.3 Å². The van der Waals surface area contributed by atoms with Crippen molar-refractivity contribution in [2.75, 3.05) is 11.5 Å². The van der Waals surface area contributed by atoms with Crippen LogP contribution < -0.4 is 11.1 Å². The molecule has 2 aliphatic heterocycles. The molecule has 15 heteroatoms. The molecular formula is C16H13N7O5S3. The summed E-state index contributed by atoms with van der Waals surface area (Å²) in [6, 6.07) is -0.994. The van der Waals surface area contributed by atoms with E-state index in [1.54, 1.807) is 23.9 Å². The lowest BCUT2D eigenvalue weighted by Crippen LogP contribution is -2.71. The van der Waals surface area contributed by atoms with Crippen molar-refractivity contribution in [1.29, 1.82) is 0 Å². The monoisotopic (exact) mass is 479 g/mol. The highest BCUT2D eigenvalue weighted by Crippen LogP contribution is 2.40. The SMILES string of the molecule is Nc1nc(C(=NO)C(=O)NC2C(=O)N3C(C(=O)O)=C(C=Cc4cncs4)CS[C@@H]23)ns1. The standard InChI is InChI=1S/C16H13N7O5S3/c17-16-20-11(22-31-16)8(21-28)12(24)19-9-13(25)23-10(15(26)27)6(4-29-14(9)23)1-2-7-3-18-5-30-7/h1-3,5,9,14,28H,4H2,(H,19,24)(H,26,27)(H2,17,20,22)/t9?,14-/m0/s1. The van der Waals surface area contributed by atoms with Crippen molar-refractivity contribution < 1.29 is 24.7 Å². The van der Waals surface area contributed by atoms with Crippen LogP contribution in [0.25, 0.3) is 6.08 Å². The fourth-order valence-corrected chi connectivity index (χ4v) is 5.26. The van der Waals surface area contributed by atoms with Gasteiger partial charge in [0.2, 0.25) is 11.5 Å². The van der Waals surface area contributed by atoms with Gasteiger partial charge in [-0.2, -0.15) is 9.36 Å². The van der Waals surface area contributed by atoms with E-state index in [2.05, 4.69) is 24.8 Å². The van der Waals surface area contributed by atoms with Gasteiger partial charge < -0.3 is 21.4 Å².